The van der Waals surface area contributed by atoms with Gasteiger partial charge in [0.1, 0.15) is 0 Å². The molecule has 2 nitrogen and oxygen atoms in total. The van der Waals surface area contributed by atoms with E-state index in [0.29, 0.717) is 5.56 Å². The van der Waals surface area contributed by atoms with Crippen molar-refractivity contribution in [3.05, 3.63) is 67.6 Å². The van der Waals surface area contributed by atoms with Gasteiger partial charge in [-0.2, -0.15) is 18.4 Å². The van der Waals surface area contributed by atoms with Gasteiger partial charge in [0.25, 0.3) is 0 Å². The molecule has 8 heteroatoms. The van der Waals surface area contributed by atoms with Crippen LogP contribution in [0.4, 0.5) is 13.2 Å². The minimum absolute atomic E-state index is 0.0525. The summed E-state index contributed by atoms with van der Waals surface area (Å²) in [5, 5.41) is 9.32. The Morgan fingerprint density at radius 3 is 2.19 bits per heavy atom. The van der Waals surface area contributed by atoms with Crippen LogP contribution in [-0.2, 0) is 5.41 Å². The van der Waals surface area contributed by atoms with Crippen molar-refractivity contribution in [2.75, 3.05) is 0 Å². The molecule has 0 saturated heterocycles. The van der Waals surface area contributed by atoms with E-state index in [9.17, 15) is 23.2 Å². The van der Waals surface area contributed by atoms with Crippen LogP contribution in [0.2, 0.25) is 10.0 Å². The molecular formula is C18H11BrCl2F3NO. The molecule has 0 unspecified atom stereocenters. The largest absolute Gasteiger partial charge is 0.411 e. The van der Waals surface area contributed by atoms with E-state index in [4.69, 9.17) is 23.2 Å². The third kappa shape index (κ3) is 4.06. The molecule has 0 spiro atoms. The number of Topliss-reactive ketones (excluding diaryl/α,β-unsaturated/α-hetero) is 1. The van der Waals surface area contributed by atoms with Gasteiger partial charge in [-0.05, 0) is 48.4 Å². The highest BCUT2D eigenvalue weighted by Crippen LogP contribution is 2.45. The fourth-order valence-corrected chi connectivity index (χ4v) is 3.27. The quantitative estimate of drug-likeness (QED) is 0.474. The van der Waals surface area contributed by atoms with Crippen molar-refractivity contribution in [3.8, 4) is 6.07 Å². The van der Waals surface area contributed by atoms with Gasteiger partial charge in [-0.25, -0.2) is 0 Å². The molecule has 26 heavy (non-hydrogen) atoms. The number of aryl methyl sites for hydroxylation is 1. The average Bonchev–Trinajstić information content (AvgIpc) is 2.52. The highest BCUT2D eigenvalue weighted by Gasteiger charge is 2.58. The summed E-state index contributed by atoms with van der Waals surface area (Å²) >= 11 is 14.9. The zero-order valence-electron chi connectivity index (χ0n) is 13.3. The molecule has 0 fully saturated rings. The van der Waals surface area contributed by atoms with Gasteiger partial charge in [-0.1, -0.05) is 45.2 Å². The molecule has 0 amide bonds. The van der Waals surface area contributed by atoms with Crippen LogP contribution in [0.5, 0.6) is 0 Å². The van der Waals surface area contributed by atoms with E-state index in [1.165, 1.54) is 24.3 Å². The second-order valence-corrected chi connectivity index (χ2v) is 7.46. The number of rotatable bonds is 4. The molecular weight excluding hydrogens is 454 g/mol. The number of nitriles is 1. The van der Waals surface area contributed by atoms with Gasteiger partial charge in [-0.15, -0.1) is 0 Å². The van der Waals surface area contributed by atoms with Crippen LogP contribution in [0.1, 0.15) is 27.9 Å². The molecule has 0 heterocycles. The van der Waals surface area contributed by atoms with Crippen molar-refractivity contribution in [2.45, 2.75) is 24.9 Å². The van der Waals surface area contributed by atoms with Crippen molar-refractivity contribution in [2.24, 2.45) is 0 Å². The number of carbonyl (C=O) groups is 1. The van der Waals surface area contributed by atoms with Gasteiger partial charge >= 0.3 is 6.18 Å². The number of halogens is 6. The first-order valence-electron chi connectivity index (χ1n) is 7.24. The predicted octanol–water partition coefficient (Wildman–Crippen LogP) is 6.66. The van der Waals surface area contributed by atoms with Gasteiger partial charge in [-0.3, -0.25) is 4.79 Å². The molecule has 0 saturated carbocycles. The van der Waals surface area contributed by atoms with Crippen LogP contribution in [0, 0.1) is 18.3 Å². The van der Waals surface area contributed by atoms with Gasteiger partial charge < -0.3 is 0 Å². The summed E-state index contributed by atoms with van der Waals surface area (Å²) in [7, 11) is 0. The second kappa shape index (κ2) is 7.59. The third-order valence-electron chi connectivity index (χ3n) is 3.94. The zero-order valence-corrected chi connectivity index (χ0v) is 16.4. The first-order valence-corrected chi connectivity index (χ1v) is 8.79. The molecule has 2 aromatic rings. The molecule has 0 aliphatic rings. The minimum atomic E-state index is -5.00. The Morgan fingerprint density at radius 2 is 1.73 bits per heavy atom. The third-order valence-corrected chi connectivity index (χ3v) is 5.26. The van der Waals surface area contributed by atoms with Gasteiger partial charge in [0.15, 0.2) is 11.2 Å². The van der Waals surface area contributed by atoms with E-state index in [2.05, 4.69) is 15.9 Å². The molecule has 136 valence electrons. The summed E-state index contributed by atoms with van der Waals surface area (Å²) in [5.41, 5.74) is -2.74. The van der Waals surface area contributed by atoms with Crippen LogP contribution in [-0.4, -0.2) is 12.0 Å². The molecule has 0 N–H and O–H groups in total. The standard InChI is InChI=1S/C18H11BrCl2F3NO/c1-10-4-11(2-3-15(10)19)16(26)8-17(9-25,18(22,23)24)12-5-13(20)7-14(21)6-12/h2-7H,8H2,1H3/t17-/m0/s1. The van der Waals surface area contributed by atoms with Crippen molar-refractivity contribution < 1.29 is 18.0 Å². The maximum absolute atomic E-state index is 13.9. The molecule has 2 aromatic carbocycles. The SMILES string of the molecule is Cc1cc(C(=O)C[C@](C#N)(c2cc(Cl)cc(Cl)c2)C(F)(F)F)ccc1Br. The monoisotopic (exact) mass is 463 g/mol. The second-order valence-electron chi connectivity index (χ2n) is 5.74. The minimum Gasteiger partial charge on any atom is -0.294 e. The topological polar surface area (TPSA) is 40.9 Å². The predicted molar refractivity (Wildman–Crippen MR) is 97.6 cm³/mol. The van der Waals surface area contributed by atoms with Crippen molar-refractivity contribution >= 4 is 44.9 Å². The number of alkyl halides is 3. The summed E-state index contributed by atoms with van der Waals surface area (Å²) in [4.78, 5) is 12.5. The molecule has 2 rings (SSSR count). The fourth-order valence-electron chi connectivity index (χ4n) is 2.49. The van der Waals surface area contributed by atoms with Crippen LogP contribution >= 0.6 is 39.1 Å². The van der Waals surface area contributed by atoms with Crippen LogP contribution in [0.25, 0.3) is 0 Å². The first-order chi connectivity index (χ1) is 12.0. The Labute approximate surface area is 166 Å². The normalized spacial score (nSPS) is 13.8. The molecule has 0 aliphatic carbocycles. The van der Waals surface area contributed by atoms with Gasteiger partial charge in [0.05, 0.1) is 6.07 Å². The Bertz CT molecular complexity index is 888. The molecule has 0 bridgehead atoms. The van der Waals surface area contributed by atoms with E-state index >= 15 is 0 Å². The molecule has 0 aromatic heterocycles. The van der Waals surface area contributed by atoms with Crippen LogP contribution in [0.15, 0.2) is 40.9 Å². The lowest BCUT2D eigenvalue weighted by Gasteiger charge is -2.29. The lowest BCUT2D eigenvalue weighted by atomic mass is 9.76. The van der Waals surface area contributed by atoms with E-state index in [-0.39, 0.29) is 15.6 Å². The smallest absolute Gasteiger partial charge is 0.294 e. The highest BCUT2D eigenvalue weighted by atomic mass is 79.9. The Morgan fingerprint density at radius 1 is 1.15 bits per heavy atom. The Hall–Kier alpha value is -1.55. The van der Waals surface area contributed by atoms with E-state index in [1.807, 2.05) is 0 Å². The van der Waals surface area contributed by atoms with E-state index in [1.54, 1.807) is 13.0 Å². The van der Waals surface area contributed by atoms with Crippen LogP contribution < -0.4 is 0 Å². The Balaban J connectivity index is 2.57. The number of hydrogen-bond donors (Lipinski definition) is 0. The number of ketones is 1. The molecule has 0 radical (unpaired) electrons. The van der Waals surface area contributed by atoms with E-state index < -0.39 is 29.4 Å². The zero-order chi connectivity index (χ0) is 19.7. The number of carbonyl (C=O) groups excluding carboxylic acids is 1. The lowest BCUT2D eigenvalue weighted by Crippen LogP contribution is -2.43. The summed E-state index contributed by atoms with van der Waals surface area (Å²) in [6, 6.07) is 8.99. The summed E-state index contributed by atoms with van der Waals surface area (Å²) < 4.78 is 42.3. The summed E-state index contributed by atoms with van der Waals surface area (Å²) in [6.07, 6.45) is -6.08. The summed E-state index contributed by atoms with van der Waals surface area (Å²) in [6.45, 7) is 1.71. The number of hydrogen-bond acceptors (Lipinski definition) is 2. The maximum atomic E-state index is 13.9. The van der Waals surface area contributed by atoms with Crippen molar-refractivity contribution in [1.82, 2.24) is 0 Å². The number of benzene rings is 2. The van der Waals surface area contributed by atoms with Gasteiger partial charge in [0, 0.05) is 26.5 Å². The average molecular weight is 465 g/mol. The van der Waals surface area contributed by atoms with E-state index in [0.717, 1.165) is 16.6 Å². The van der Waals surface area contributed by atoms with Gasteiger partial charge in [0.2, 0.25) is 0 Å². The first kappa shape index (κ1) is 20.8. The lowest BCUT2D eigenvalue weighted by molar-refractivity contribution is -0.172. The molecule has 0 aliphatic heterocycles. The van der Waals surface area contributed by atoms with Crippen LogP contribution in [0.3, 0.4) is 0 Å². The molecule has 1 atom stereocenters. The fraction of sp³-hybridized carbons (Fsp3) is 0.222. The van der Waals surface area contributed by atoms with Crippen molar-refractivity contribution in [1.29, 1.82) is 5.26 Å². The summed E-state index contributed by atoms with van der Waals surface area (Å²) in [5.74, 6) is -0.810. The highest BCUT2D eigenvalue weighted by molar-refractivity contribution is 9.10. The number of nitrogens with zero attached hydrogens (tertiary/aromatic N) is 1. The Kier molecular flexibility index (Phi) is 6.06. The van der Waals surface area contributed by atoms with Crippen molar-refractivity contribution in [3.63, 3.8) is 0 Å². The maximum Gasteiger partial charge on any atom is 0.411 e.